The summed E-state index contributed by atoms with van der Waals surface area (Å²) in [6.07, 6.45) is 4.68. The summed E-state index contributed by atoms with van der Waals surface area (Å²) in [7, 11) is 0. The summed E-state index contributed by atoms with van der Waals surface area (Å²) < 4.78 is 15.0. The van der Waals surface area contributed by atoms with Gasteiger partial charge in [-0.1, -0.05) is 13.0 Å². The Morgan fingerprint density at radius 3 is 2.66 bits per heavy atom. The van der Waals surface area contributed by atoms with Crippen molar-refractivity contribution in [3.05, 3.63) is 69.9 Å². The number of aromatic nitrogens is 2. The standard InChI is InChI=1S/C22H25FN4OS/c1-2-19-18(14-25-27(19)17-9-7-16(23)8-10-17)22(28)24-15-20(21-6-5-13-29-21)26-11-3-4-12-26/h5-10,13-14,20H,2-4,11-12,15H2,1H3,(H,24,28)/t20-/m1/s1. The molecule has 1 aliphatic rings. The van der Waals surface area contributed by atoms with E-state index >= 15 is 0 Å². The number of hydrogen-bond acceptors (Lipinski definition) is 4. The van der Waals surface area contributed by atoms with Crippen molar-refractivity contribution in [1.82, 2.24) is 20.0 Å². The van der Waals surface area contributed by atoms with Crippen molar-refractivity contribution in [3.63, 3.8) is 0 Å². The molecular formula is C22H25FN4OS. The molecule has 7 heteroatoms. The van der Waals surface area contributed by atoms with Gasteiger partial charge in [-0.3, -0.25) is 9.69 Å². The Labute approximate surface area is 174 Å². The van der Waals surface area contributed by atoms with Crippen LogP contribution >= 0.6 is 11.3 Å². The lowest BCUT2D eigenvalue weighted by molar-refractivity contribution is 0.0937. The maximum absolute atomic E-state index is 13.2. The minimum Gasteiger partial charge on any atom is -0.350 e. The fraction of sp³-hybridized carbons (Fsp3) is 0.364. The number of halogens is 1. The summed E-state index contributed by atoms with van der Waals surface area (Å²) >= 11 is 1.74. The van der Waals surface area contributed by atoms with E-state index in [-0.39, 0.29) is 17.8 Å². The largest absolute Gasteiger partial charge is 0.350 e. The molecule has 0 radical (unpaired) electrons. The van der Waals surface area contributed by atoms with Gasteiger partial charge < -0.3 is 5.32 Å². The highest BCUT2D eigenvalue weighted by Crippen LogP contribution is 2.28. The smallest absolute Gasteiger partial charge is 0.254 e. The summed E-state index contributed by atoms with van der Waals surface area (Å²) in [5, 5.41) is 9.60. The van der Waals surface area contributed by atoms with Crippen LogP contribution in [-0.2, 0) is 6.42 Å². The first kappa shape index (κ1) is 19.8. The van der Waals surface area contributed by atoms with Crippen LogP contribution in [0.15, 0.2) is 48.0 Å². The number of nitrogens with one attached hydrogen (secondary N) is 1. The monoisotopic (exact) mass is 412 g/mol. The minimum atomic E-state index is -0.293. The van der Waals surface area contributed by atoms with Crippen LogP contribution in [0.4, 0.5) is 4.39 Å². The summed E-state index contributed by atoms with van der Waals surface area (Å²) in [4.78, 5) is 16.7. The fourth-order valence-electron chi connectivity index (χ4n) is 3.94. The molecule has 3 heterocycles. The van der Waals surface area contributed by atoms with Crippen molar-refractivity contribution < 1.29 is 9.18 Å². The van der Waals surface area contributed by atoms with Crippen molar-refractivity contribution in [1.29, 1.82) is 0 Å². The van der Waals surface area contributed by atoms with E-state index in [0.717, 1.165) is 24.5 Å². The second-order valence-corrected chi connectivity index (χ2v) is 8.21. The Morgan fingerprint density at radius 2 is 2.00 bits per heavy atom. The van der Waals surface area contributed by atoms with E-state index in [1.807, 2.05) is 6.92 Å². The van der Waals surface area contributed by atoms with E-state index in [2.05, 4.69) is 32.8 Å². The molecule has 1 saturated heterocycles. The molecule has 1 aliphatic heterocycles. The molecule has 3 aromatic rings. The topological polar surface area (TPSA) is 50.2 Å². The summed E-state index contributed by atoms with van der Waals surface area (Å²) in [5.41, 5.74) is 2.14. The quantitative estimate of drug-likeness (QED) is 0.633. The highest BCUT2D eigenvalue weighted by Gasteiger charge is 2.25. The molecular weight excluding hydrogens is 387 g/mol. The molecule has 4 rings (SSSR count). The van der Waals surface area contributed by atoms with Crippen LogP contribution in [0, 0.1) is 5.82 Å². The number of carbonyl (C=O) groups is 1. The fourth-order valence-corrected chi connectivity index (χ4v) is 4.80. The number of nitrogens with zero attached hydrogens (tertiary/aromatic N) is 3. The van der Waals surface area contributed by atoms with Crippen LogP contribution in [0.2, 0.25) is 0 Å². The summed E-state index contributed by atoms with van der Waals surface area (Å²) in [6.45, 7) is 4.71. The van der Waals surface area contributed by atoms with Gasteiger partial charge in [0.05, 0.1) is 29.2 Å². The number of thiophene rings is 1. The van der Waals surface area contributed by atoms with Gasteiger partial charge in [-0.25, -0.2) is 9.07 Å². The van der Waals surface area contributed by atoms with Crippen LogP contribution < -0.4 is 5.32 Å². The first-order valence-corrected chi connectivity index (χ1v) is 10.9. The number of rotatable bonds is 7. The van der Waals surface area contributed by atoms with Crippen molar-refractivity contribution >= 4 is 17.2 Å². The summed E-state index contributed by atoms with van der Waals surface area (Å²) in [6, 6.07) is 10.6. The van der Waals surface area contributed by atoms with Gasteiger partial charge in [-0.05, 0) is 68.1 Å². The zero-order valence-corrected chi connectivity index (χ0v) is 17.3. The first-order valence-electron chi connectivity index (χ1n) is 10.1. The predicted octanol–water partition coefficient (Wildman–Crippen LogP) is 4.20. The molecule has 0 unspecified atom stereocenters. The lowest BCUT2D eigenvalue weighted by Crippen LogP contribution is -2.36. The predicted molar refractivity (Wildman–Crippen MR) is 113 cm³/mol. The molecule has 29 heavy (non-hydrogen) atoms. The second kappa shape index (κ2) is 8.88. The number of amides is 1. The van der Waals surface area contributed by atoms with Crippen molar-refractivity contribution in [2.24, 2.45) is 0 Å². The normalized spacial score (nSPS) is 15.5. The Kier molecular flexibility index (Phi) is 6.06. The molecule has 152 valence electrons. The van der Waals surface area contributed by atoms with E-state index in [0.29, 0.717) is 18.5 Å². The van der Waals surface area contributed by atoms with Gasteiger partial charge in [0, 0.05) is 11.4 Å². The van der Waals surface area contributed by atoms with E-state index < -0.39 is 0 Å². The van der Waals surface area contributed by atoms with Gasteiger partial charge in [0.15, 0.2) is 0 Å². The minimum absolute atomic E-state index is 0.115. The molecule has 2 aromatic heterocycles. The third-order valence-electron chi connectivity index (χ3n) is 5.43. The van der Waals surface area contributed by atoms with Gasteiger partial charge in [-0.2, -0.15) is 5.10 Å². The van der Waals surface area contributed by atoms with Crippen molar-refractivity contribution in [3.8, 4) is 5.69 Å². The third-order valence-corrected chi connectivity index (χ3v) is 6.40. The molecule has 1 N–H and O–H groups in total. The molecule has 0 aliphatic carbocycles. The molecule has 0 bridgehead atoms. The van der Waals surface area contributed by atoms with Crippen LogP contribution in [0.1, 0.15) is 46.7 Å². The highest BCUT2D eigenvalue weighted by atomic mass is 32.1. The number of carbonyl (C=O) groups excluding carboxylic acids is 1. The lowest BCUT2D eigenvalue weighted by Gasteiger charge is -2.26. The third kappa shape index (κ3) is 4.26. The number of likely N-dealkylation sites (tertiary alicyclic amines) is 1. The summed E-state index contributed by atoms with van der Waals surface area (Å²) in [5.74, 6) is -0.408. The van der Waals surface area contributed by atoms with Crippen LogP contribution in [0.25, 0.3) is 5.69 Å². The van der Waals surface area contributed by atoms with Crippen molar-refractivity contribution in [2.45, 2.75) is 32.2 Å². The second-order valence-electron chi connectivity index (χ2n) is 7.23. The Bertz CT molecular complexity index is 946. The average molecular weight is 413 g/mol. The average Bonchev–Trinajstić information content (AvgIpc) is 3.50. The van der Waals surface area contributed by atoms with E-state index in [1.54, 1.807) is 34.3 Å². The molecule has 1 amide bonds. The maximum Gasteiger partial charge on any atom is 0.254 e. The molecule has 1 aromatic carbocycles. The highest BCUT2D eigenvalue weighted by molar-refractivity contribution is 7.10. The SMILES string of the molecule is CCc1c(C(=O)NC[C@H](c2cccs2)N2CCCC2)cnn1-c1ccc(F)cc1. The van der Waals surface area contributed by atoms with E-state index in [1.165, 1.54) is 29.9 Å². The van der Waals surface area contributed by atoms with E-state index in [9.17, 15) is 9.18 Å². The zero-order valence-electron chi connectivity index (χ0n) is 16.5. The molecule has 0 spiro atoms. The Morgan fingerprint density at radius 1 is 1.24 bits per heavy atom. The first-order chi connectivity index (χ1) is 14.2. The Balaban J connectivity index is 1.51. The van der Waals surface area contributed by atoms with Gasteiger partial charge in [-0.15, -0.1) is 11.3 Å². The van der Waals surface area contributed by atoms with Crippen LogP contribution in [0.5, 0.6) is 0 Å². The molecule has 1 fully saturated rings. The van der Waals surface area contributed by atoms with Crippen LogP contribution in [0.3, 0.4) is 0 Å². The van der Waals surface area contributed by atoms with Crippen molar-refractivity contribution in [2.75, 3.05) is 19.6 Å². The van der Waals surface area contributed by atoms with Crippen LogP contribution in [-0.4, -0.2) is 40.2 Å². The van der Waals surface area contributed by atoms with Gasteiger partial charge >= 0.3 is 0 Å². The lowest BCUT2D eigenvalue weighted by atomic mass is 10.1. The van der Waals surface area contributed by atoms with Gasteiger partial charge in [0.2, 0.25) is 0 Å². The van der Waals surface area contributed by atoms with Gasteiger partial charge in [0.1, 0.15) is 5.82 Å². The Hall–Kier alpha value is -2.51. The molecule has 5 nitrogen and oxygen atoms in total. The zero-order chi connectivity index (χ0) is 20.2. The van der Waals surface area contributed by atoms with Gasteiger partial charge in [0.25, 0.3) is 5.91 Å². The number of benzene rings is 1. The number of hydrogen-bond donors (Lipinski definition) is 1. The van der Waals surface area contributed by atoms with E-state index in [4.69, 9.17) is 0 Å². The molecule has 1 atom stereocenters. The molecule has 0 saturated carbocycles. The maximum atomic E-state index is 13.2.